The molecule has 3 rings (SSSR count). The fraction of sp³-hybridized carbons (Fsp3) is 0.263. The summed E-state index contributed by atoms with van der Waals surface area (Å²) in [7, 11) is 0. The Labute approximate surface area is 156 Å². The van der Waals surface area contributed by atoms with Crippen molar-refractivity contribution in [1.82, 2.24) is 5.32 Å². The van der Waals surface area contributed by atoms with Gasteiger partial charge >= 0.3 is 0 Å². The summed E-state index contributed by atoms with van der Waals surface area (Å²) >= 11 is 5.81. The Kier molecular flexibility index (Phi) is 5.96. The van der Waals surface area contributed by atoms with E-state index < -0.39 is 0 Å². The van der Waals surface area contributed by atoms with Gasteiger partial charge in [0.25, 0.3) is 5.91 Å². The average Bonchev–Trinajstić information content (AvgIpc) is 2.66. The van der Waals surface area contributed by atoms with Crippen LogP contribution in [0.4, 0.5) is 0 Å². The number of nitrogens with one attached hydrogen (secondary N) is 1. The molecule has 0 spiro atoms. The smallest absolute Gasteiger partial charge is 0.261 e. The van der Waals surface area contributed by atoms with Crippen LogP contribution in [0.1, 0.15) is 24.1 Å². The van der Waals surface area contributed by atoms with Crippen LogP contribution in [0.15, 0.2) is 47.6 Å². The van der Waals surface area contributed by atoms with E-state index in [-0.39, 0.29) is 18.6 Å². The molecule has 2 aromatic rings. The second kappa shape index (κ2) is 8.58. The zero-order valence-electron chi connectivity index (χ0n) is 14.3. The van der Waals surface area contributed by atoms with Crippen LogP contribution in [-0.2, 0) is 9.63 Å². The molecule has 136 valence electrons. The lowest BCUT2D eigenvalue weighted by Gasteiger charge is -2.21. The van der Waals surface area contributed by atoms with Crippen LogP contribution in [0.2, 0.25) is 5.02 Å². The number of benzene rings is 2. The fourth-order valence-corrected chi connectivity index (χ4v) is 2.56. The topological polar surface area (TPSA) is 69.2 Å². The Morgan fingerprint density at radius 1 is 1.23 bits per heavy atom. The first-order chi connectivity index (χ1) is 12.6. The van der Waals surface area contributed by atoms with Crippen LogP contribution in [0.25, 0.3) is 0 Å². The molecule has 0 fully saturated rings. The van der Waals surface area contributed by atoms with Gasteiger partial charge in [0.05, 0.1) is 12.3 Å². The number of nitrogens with zero attached hydrogens (tertiary/aromatic N) is 1. The number of oxime groups is 1. The van der Waals surface area contributed by atoms with Gasteiger partial charge in [-0.2, -0.15) is 0 Å². The molecule has 1 unspecified atom stereocenters. The van der Waals surface area contributed by atoms with E-state index >= 15 is 0 Å². The zero-order chi connectivity index (χ0) is 18.4. The molecule has 0 aliphatic carbocycles. The van der Waals surface area contributed by atoms with Crippen molar-refractivity contribution >= 4 is 23.7 Å². The van der Waals surface area contributed by atoms with E-state index in [2.05, 4.69) is 10.5 Å². The molecule has 0 saturated carbocycles. The van der Waals surface area contributed by atoms with E-state index in [9.17, 15) is 4.79 Å². The van der Waals surface area contributed by atoms with Gasteiger partial charge in [-0.3, -0.25) is 4.79 Å². The Morgan fingerprint density at radius 3 is 2.73 bits per heavy atom. The van der Waals surface area contributed by atoms with Crippen molar-refractivity contribution in [2.45, 2.75) is 13.0 Å². The van der Waals surface area contributed by atoms with E-state index in [0.29, 0.717) is 24.0 Å². The third-order valence-corrected chi connectivity index (χ3v) is 4.04. The van der Waals surface area contributed by atoms with E-state index in [0.717, 1.165) is 16.9 Å². The highest BCUT2D eigenvalue weighted by Crippen LogP contribution is 2.32. The summed E-state index contributed by atoms with van der Waals surface area (Å²) in [5.41, 5.74) is 1.76. The molecule has 0 bridgehead atoms. The van der Waals surface area contributed by atoms with Gasteiger partial charge in [0.2, 0.25) is 0 Å². The van der Waals surface area contributed by atoms with Crippen LogP contribution in [0.3, 0.4) is 0 Å². The third-order valence-electron chi connectivity index (χ3n) is 3.79. The number of rotatable bonds is 6. The van der Waals surface area contributed by atoms with E-state index in [1.54, 1.807) is 24.3 Å². The number of amides is 1. The lowest BCUT2D eigenvalue weighted by molar-refractivity contribution is -0.126. The van der Waals surface area contributed by atoms with Crippen LogP contribution in [0.5, 0.6) is 11.5 Å². The van der Waals surface area contributed by atoms with Crippen LogP contribution in [-0.4, -0.2) is 31.9 Å². The van der Waals surface area contributed by atoms with Gasteiger partial charge < -0.3 is 19.6 Å². The van der Waals surface area contributed by atoms with Gasteiger partial charge in [0.1, 0.15) is 13.2 Å². The summed E-state index contributed by atoms with van der Waals surface area (Å²) in [6.07, 6.45) is 1.52. The first-order valence-corrected chi connectivity index (χ1v) is 8.59. The molecule has 1 aliphatic rings. The van der Waals surface area contributed by atoms with Crippen LogP contribution < -0.4 is 14.8 Å². The van der Waals surface area contributed by atoms with E-state index in [1.165, 1.54) is 6.21 Å². The molecule has 0 saturated heterocycles. The summed E-state index contributed by atoms with van der Waals surface area (Å²) in [6, 6.07) is 12.5. The second-order valence-corrected chi connectivity index (χ2v) is 6.19. The maximum Gasteiger partial charge on any atom is 0.261 e. The lowest BCUT2D eigenvalue weighted by atomic mass is 10.1. The Morgan fingerprint density at radius 2 is 1.96 bits per heavy atom. The number of fused-ring (bicyclic) bond motifs is 1. The van der Waals surface area contributed by atoms with Gasteiger partial charge in [-0.25, -0.2) is 0 Å². The van der Waals surface area contributed by atoms with Gasteiger partial charge in [-0.15, -0.1) is 0 Å². The molecular weight excluding hydrogens is 356 g/mol. The summed E-state index contributed by atoms with van der Waals surface area (Å²) < 4.78 is 11.1. The van der Waals surface area contributed by atoms with E-state index in [1.807, 2.05) is 25.1 Å². The highest BCUT2D eigenvalue weighted by Gasteiger charge is 2.15. The van der Waals surface area contributed by atoms with Crippen molar-refractivity contribution in [2.75, 3.05) is 19.8 Å². The molecule has 1 heterocycles. The van der Waals surface area contributed by atoms with Crippen molar-refractivity contribution in [3.8, 4) is 11.5 Å². The maximum atomic E-state index is 12.0. The molecule has 2 aromatic carbocycles. The summed E-state index contributed by atoms with van der Waals surface area (Å²) in [4.78, 5) is 17.0. The van der Waals surface area contributed by atoms with Crippen molar-refractivity contribution in [2.24, 2.45) is 5.16 Å². The summed E-state index contributed by atoms with van der Waals surface area (Å²) in [5, 5.41) is 7.29. The summed E-state index contributed by atoms with van der Waals surface area (Å²) in [6.45, 7) is 2.79. The van der Waals surface area contributed by atoms with Crippen molar-refractivity contribution in [1.29, 1.82) is 0 Å². The molecule has 26 heavy (non-hydrogen) atoms. The van der Waals surface area contributed by atoms with Crippen molar-refractivity contribution in [3.05, 3.63) is 58.6 Å². The van der Waals surface area contributed by atoms with Gasteiger partial charge in [0, 0.05) is 5.02 Å². The quantitative estimate of drug-likeness (QED) is 0.622. The third kappa shape index (κ3) is 4.89. The van der Waals surface area contributed by atoms with Crippen molar-refractivity contribution < 1.29 is 19.1 Å². The molecule has 1 N–H and O–H groups in total. The molecule has 1 atom stereocenters. The molecule has 7 heteroatoms. The minimum absolute atomic E-state index is 0.168. The SMILES string of the molecule is CC(NC(=O)CO/N=C/c1ccc(Cl)cc1)c1ccc2c(c1)OCCO2. The fourth-order valence-electron chi connectivity index (χ4n) is 2.44. The van der Waals surface area contributed by atoms with Gasteiger partial charge in [-0.05, 0) is 42.3 Å². The number of carbonyl (C=O) groups is 1. The Hall–Kier alpha value is -2.73. The number of ether oxygens (including phenoxy) is 2. The number of carbonyl (C=O) groups excluding carboxylic acids is 1. The molecule has 0 radical (unpaired) electrons. The normalized spacial score (nSPS) is 14.1. The van der Waals surface area contributed by atoms with Crippen LogP contribution in [0, 0.1) is 0 Å². The monoisotopic (exact) mass is 374 g/mol. The maximum absolute atomic E-state index is 12.0. The van der Waals surface area contributed by atoms with Crippen LogP contribution >= 0.6 is 11.6 Å². The largest absolute Gasteiger partial charge is 0.486 e. The first kappa shape index (κ1) is 18.1. The molecule has 6 nitrogen and oxygen atoms in total. The van der Waals surface area contributed by atoms with Gasteiger partial charge in [0.15, 0.2) is 18.1 Å². The number of hydrogen-bond acceptors (Lipinski definition) is 5. The molecule has 1 amide bonds. The second-order valence-electron chi connectivity index (χ2n) is 5.75. The van der Waals surface area contributed by atoms with Crippen molar-refractivity contribution in [3.63, 3.8) is 0 Å². The highest BCUT2D eigenvalue weighted by molar-refractivity contribution is 6.30. The zero-order valence-corrected chi connectivity index (χ0v) is 15.0. The minimum Gasteiger partial charge on any atom is -0.486 e. The lowest BCUT2D eigenvalue weighted by Crippen LogP contribution is -2.29. The Balaban J connectivity index is 1.47. The van der Waals surface area contributed by atoms with E-state index in [4.69, 9.17) is 25.9 Å². The Bertz CT molecular complexity index is 793. The molecule has 0 aromatic heterocycles. The molecular formula is C19H19ClN2O4. The highest BCUT2D eigenvalue weighted by atomic mass is 35.5. The molecule has 1 aliphatic heterocycles. The predicted octanol–water partition coefficient (Wildman–Crippen LogP) is 3.34. The predicted molar refractivity (Wildman–Crippen MR) is 99.0 cm³/mol. The first-order valence-electron chi connectivity index (χ1n) is 8.21. The number of halogens is 1. The average molecular weight is 375 g/mol. The number of hydrogen-bond donors (Lipinski definition) is 1. The minimum atomic E-state index is -0.263. The standard InChI is InChI=1S/C19H19ClN2O4/c1-13(15-4-7-17-18(10-15)25-9-8-24-17)22-19(23)12-26-21-11-14-2-5-16(20)6-3-14/h2-7,10-11,13H,8-9,12H2,1H3,(H,22,23)/b21-11+. The van der Waals surface area contributed by atoms with Gasteiger partial charge in [-0.1, -0.05) is 35.0 Å². The summed E-state index contributed by atoms with van der Waals surface area (Å²) in [5.74, 6) is 1.15.